The van der Waals surface area contributed by atoms with Crippen LogP contribution in [0.1, 0.15) is 56.2 Å². The van der Waals surface area contributed by atoms with Gasteiger partial charge in [0.25, 0.3) is 0 Å². The van der Waals surface area contributed by atoms with E-state index in [0.717, 1.165) is 29.7 Å². The van der Waals surface area contributed by atoms with Gasteiger partial charge >= 0.3 is 6.36 Å². The number of aliphatic hydroxyl groups excluding tert-OH is 1. The van der Waals surface area contributed by atoms with E-state index in [9.17, 15) is 32.7 Å². The van der Waals surface area contributed by atoms with Crippen LogP contribution < -0.4 is 20.1 Å². The molecule has 254 valence electrons. The molecular formula is C36H43F3N2O6. The number of carbonyl (C=O) groups is 3. The van der Waals surface area contributed by atoms with Crippen molar-refractivity contribution in [2.45, 2.75) is 83.3 Å². The Bertz CT molecular complexity index is 1430. The zero-order valence-corrected chi connectivity index (χ0v) is 26.9. The van der Waals surface area contributed by atoms with Gasteiger partial charge in [-0.05, 0) is 60.9 Å². The van der Waals surface area contributed by atoms with Gasteiger partial charge in [0, 0.05) is 18.4 Å². The van der Waals surface area contributed by atoms with Crippen molar-refractivity contribution in [3.8, 4) is 11.5 Å². The van der Waals surface area contributed by atoms with Crippen LogP contribution in [0.3, 0.4) is 0 Å². The average molecular weight is 657 g/mol. The molecule has 3 aromatic rings. The molecule has 0 fully saturated rings. The number of hydrogen-bond acceptors (Lipinski definition) is 6. The molecule has 0 aliphatic rings. The summed E-state index contributed by atoms with van der Waals surface area (Å²) in [5, 5.41) is 16.7. The van der Waals surface area contributed by atoms with Gasteiger partial charge in [0.1, 0.15) is 23.3 Å². The molecule has 8 nitrogen and oxygen atoms in total. The fourth-order valence-electron chi connectivity index (χ4n) is 5.22. The van der Waals surface area contributed by atoms with Crippen molar-refractivity contribution in [1.29, 1.82) is 0 Å². The summed E-state index contributed by atoms with van der Waals surface area (Å²) in [5.74, 6) is -1.84. The number of Topliss-reactive ketones (excluding diaryl/α,β-unsaturated/α-hetero) is 1. The SMILES string of the molecule is COc1ccc(OC(F)(F)F)cc1CC(=O)N[C@H](C(=O)N[C@@H](Cc1ccccc1)[C@@H](O)CCC(=O)CCCc1ccccc1)C(C)C. The quantitative estimate of drug-likeness (QED) is 0.161. The third kappa shape index (κ3) is 13.1. The maximum atomic E-state index is 13.6. The molecule has 0 saturated heterocycles. The standard InChI is InChI=1S/C36H43F3N2O6/c1-24(2)34(41-33(44)23-27-22-29(47-36(37,38)39)18-20-32(27)46-3)35(45)40-30(21-26-13-8-5-9-14-26)31(43)19-17-28(42)16-10-15-25-11-6-4-7-12-25/h4-9,11-14,18,20,22,24,30-31,34,43H,10,15-17,19,21,23H2,1-3H3,(H,40,45)(H,41,44)/t30-,31-,34-/m0/s1. The number of rotatable bonds is 18. The number of alkyl halides is 3. The summed E-state index contributed by atoms with van der Waals surface area (Å²) >= 11 is 0. The highest BCUT2D eigenvalue weighted by Crippen LogP contribution is 2.29. The largest absolute Gasteiger partial charge is 0.573 e. The van der Waals surface area contributed by atoms with Crippen LogP contribution in [0.2, 0.25) is 0 Å². The van der Waals surface area contributed by atoms with Crippen molar-refractivity contribution < 1.29 is 42.1 Å². The van der Waals surface area contributed by atoms with Crippen LogP contribution in [0.25, 0.3) is 0 Å². The van der Waals surface area contributed by atoms with Gasteiger partial charge in [0.2, 0.25) is 11.8 Å². The maximum absolute atomic E-state index is 13.6. The molecule has 0 spiro atoms. The predicted octanol–water partition coefficient (Wildman–Crippen LogP) is 5.74. The number of methoxy groups -OCH3 is 1. The molecule has 0 aromatic heterocycles. The second-order valence-corrected chi connectivity index (χ2v) is 11.8. The molecule has 2 amide bonds. The summed E-state index contributed by atoms with van der Waals surface area (Å²) in [6.45, 7) is 3.47. The molecule has 11 heteroatoms. The van der Waals surface area contributed by atoms with Gasteiger partial charge in [-0.25, -0.2) is 0 Å². The molecule has 3 N–H and O–H groups in total. The highest BCUT2D eigenvalue weighted by Gasteiger charge is 2.32. The topological polar surface area (TPSA) is 114 Å². The molecule has 0 heterocycles. The number of benzene rings is 3. The molecule has 3 rings (SSSR count). The van der Waals surface area contributed by atoms with Gasteiger partial charge in [0.15, 0.2) is 0 Å². The number of halogens is 3. The summed E-state index contributed by atoms with van der Waals surface area (Å²) in [7, 11) is 1.32. The predicted molar refractivity (Wildman–Crippen MR) is 172 cm³/mol. The number of amides is 2. The van der Waals surface area contributed by atoms with E-state index < -0.39 is 42.1 Å². The number of ketones is 1. The van der Waals surface area contributed by atoms with Crippen LogP contribution in [0.4, 0.5) is 13.2 Å². The van der Waals surface area contributed by atoms with Crippen LogP contribution in [-0.2, 0) is 33.6 Å². The number of aryl methyl sites for hydroxylation is 1. The lowest BCUT2D eigenvalue weighted by atomic mass is 9.95. The van der Waals surface area contributed by atoms with Crippen LogP contribution in [0.5, 0.6) is 11.5 Å². The highest BCUT2D eigenvalue weighted by molar-refractivity contribution is 5.89. The van der Waals surface area contributed by atoms with E-state index in [2.05, 4.69) is 15.4 Å². The number of hydrogen-bond donors (Lipinski definition) is 3. The second-order valence-electron chi connectivity index (χ2n) is 11.8. The van der Waals surface area contributed by atoms with Crippen molar-refractivity contribution in [1.82, 2.24) is 10.6 Å². The van der Waals surface area contributed by atoms with E-state index in [4.69, 9.17) is 4.74 Å². The monoisotopic (exact) mass is 656 g/mol. The van der Waals surface area contributed by atoms with E-state index in [-0.39, 0.29) is 48.7 Å². The zero-order chi connectivity index (χ0) is 34.4. The molecule has 0 radical (unpaired) electrons. The van der Waals surface area contributed by atoms with E-state index in [1.165, 1.54) is 13.2 Å². The molecule has 0 bridgehead atoms. The Balaban J connectivity index is 1.65. The third-order valence-corrected chi connectivity index (χ3v) is 7.68. The van der Waals surface area contributed by atoms with Crippen LogP contribution in [0.15, 0.2) is 78.9 Å². The minimum absolute atomic E-state index is 0.0252. The van der Waals surface area contributed by atoms with Crippen molar-refractivity contribution in [2.75, 3.05) is 7.11 Å². The summed E-state index contributed by atoms with van der Waals surface area (Å²) < 4.78 is 47.4. The molecule has 0 aliphatic heterocycles. The molecule has 0 aliphatic carbocycles. The van der Waals surface area contributed by atoms with Gasteiger partial charge in [-0.3, -0.25) is 14.4 Å². The fourth-order valence-corrected chi connectivity index (χ4v) is 5.22. The lowest BCUT2D eigenvalue weighted by Gasteiger charge is -2.28. The van der Waals surface area contributed by atoms with Gasteiger partial charge in [-0.2, -0.15) is 0 Å². The smallest absolute Gasteiger partial charge is 0.496 e. The Morgan fingerprint density at radius 3 is 2.11 bits per heavy atom. The first kappa shape index (κ1) is 37.1. The van der Waals surface area contributed by atoms with Gasteiger partial charge < -0.3 is 25.2 Å². The van der Waals surface area contributed by atoms with Crippen LogP contribution in [0, 0.1) is 5.92 Å². The first-order valence-electron chi connectivity index (χ1n) is 15.6. The Morgan fingerprint density at radius 2 is 1.51 bits per heavy atom. The van der Waals surface area contributed by atoms with E-state index in [0.29, 0.717) is 12.8 Å². The average Bonchev–Trinajstić information content (AvgIpc) is 3.02. The fraction of sp³-hybridized carbons (Fsp3) is 0.417. The minimum Gasteiger partial charge on any atom is -0.496 e. The van der Waals surface area contributed by atoms with Crippen LogP contribution in [-0.4, -0.2) is 54.4 Å². The molecule has 47 heavy (non-hydrogen) atoms. The van der Waals surface area contributed by atoms with Crippen molar-refractivity contribution in [3.63, 3.8) is 0 Å². The number of ether oxygens (including phenoxy) is 2. The van der Waals surface area contributed by atoms with Gasteiger partial charge in [-0.1, -0.05) is 74.5 Å². The lowest BCUT2D eigenvalue weighted by molar-refractivity contribution is -0.274. The molecule has 0 unspecified atom stereocenters. The normalized spacial score (nSPS) is 13.4. The Labute approximate surface area is 273 Å². The summed E-state index contributed by atoms with van der Waals surface area (Å²) in [6.07, 6.45) is -3.87. The van der Waals surface area contributed by atoms with Crippen molar-refractivity contribution in [2.24, 2.45) is 5.92 Å². The van der Waals surface area contributed by atoms with E-state index in [1.54, 1.807) is 13.8 Å². The van der Waals surface area contributed by atoms with E-state index in [1.807, 2.05) is 60.7 Å². The minimum atomic E-state index is -4.91. The zero-order valence-electron chi connectivity index (χ0n) is 26.9. The Hall–Kier alpha value is -4.38. The van der Waals surface area contributed by atoms with Crippen molar-refractivity contribution >= 4 is 17.6 Å². The third-order valence-electron chi connectivity index (χ3n) is 7.68. The summed E-state index contributed by atoms with van der Waals surface area (Å²) in [6, 6.07) is 20.8. The Morgan fingerprint density at radius 1 is 0.872 bits per heavy atom. The first-order valence-corrected chi connectivity index (χ1v) is 15.6. The molecular weight excluding hydrogens is 613 g/mol. The van der Waals surface area contributed by atoms with Crippen LogP contribution >= 0.6 is 0 Å². The second kappa shape index (κ2) is 18.1. The number of aliphatic hydroxyl groups is 1. The van der Waals surface area contributed by atoms with Crippen molar-refractivity contribution in [3.05, 3.63) is 95.6 Å². The summed E-state index contributed by atoms with van der Waals surface area (Å²) in [5.41, 5.74) is 2.16. The molecule has 3 atom stereocenters. The van der Waals surface area contributed by atoms with E-state index >= 15 is 0 Å². The summed E-state index contributed by atoms with van der Waals surface area (Å²) in [4.78, 5) is 39.2. The highest BCUT2D eigenvalue weighted by atomic mass is 19.4. The lowest BCUT2D eigenvalue weighted by Crippen LogP contribution is -2.55. The first-order chi connectivity index (χ1) is 22.3. The maximum Gasteiger partial charge on any atom is 0.573 e. The molecule has 3 aromatic carbocycles. The Kier molecular flexibility index (Phi) is 14.3. The number of nitrogens with one attached hydrogen (secondary N) is 2. The van der Waals surface area contributed by atoms with Gasteiger partial charge in [-0.15, -0.1) is 13.2 Å². The molecule has 0 saturated carbocycles. The number of carbonyl (C=O) groups excluding carboxylic acids is 3. The van der Waals surface area contributed by atoms with Gasteiger partial charge in [0.05, 0.1) is 25.7 Å².